The molecule has 0 saturated heterocycles. The van der Waals surface area contributed by atoms with Gasteiger partial charge in [-0.15, -0.1) is 0 Å². The number of aromatic hydroxyl groups is 3. The maximum atomic E-state index is 12.7. The number of carbonyl (C=O) groups is 3. The van der Waals surface area contributed by atoms with Crippen LogP contribution in [0.15, 0.2) is 279 Å². The molecule has 422 valence electrons. The van der Waals surface area contributed by atoms with Crippen LogP contribution >= 0.6 is 0 Å². The Balaban J connectivity index is 0.000000153. The molecule has 9 N–H and O–H groups in total. The average molecular weight is 1130 g/mol. The summed E-state index contributed by atoms with van der Waals surface area (Å²) in [5.74, 6) is -0.135. The van der Waals surface area contributed by atoms with Crippen LogP contribution in [0.5, 0.6) is 17.2 Å². The van der Waals surface area contributed by atoms with E-state index in [0.29, 0.717) is 22.7 Å². The first-order valence-electron chi connectivity index (χ1n) is 26.6. The van der Waals surface area contributed by atoms with Crippen molar-refractivity contribution in [3.05, 3.63) is 285 Å². The first kappa shape index (κ1) is 58.1. The van der Waals surface area contributed by atoms with Crippen LogP contribution in [0.1, 0.15) is 5.56 Å². The molecule has 0 unspecified atom stereocenters. The number of phenols is 3. The highest BCUT2D eigenvalue weighted by molar-refractivity contribution is 6.04. The van der Waals surface area contributed by atoms with Crippen molar-refractivity contribution in [2.75, 3.05) is 31.9 Å². The number of benzene rings is 11. The lowest BCUT2D eigenvalue weighted by molar-refractivity contribution is -0.137. The second-order valence-electron chi connectivity index (χ2n) is 19.0. The lowest BCUT2D eigenvalue weighted by Gasteiger charge is -2.13. The van der Waals surface area contributed by atoms with Gasteiger partial charge in [-0.2, -0.15) is 13.2 Å². The first-order chi connectivity index (χ1) is 41.2. The SMILES string of the molecule is O=C(Nc1cc(-c2ccccc2)ccc1O)Nc1ccccc1-c1ccccc1.O=C(Nc1ccc(-c2ccccc2)cc1)Nc1cc(-c2ccccc2)ccc1O.O=C(Nc1cccc(C(F)(F)F)c1)Nc1cc(-c2ccccc2)ccc1O. The predicted octanol–water partition coefficient (Wildman–Crippen LogP) is 18.5. The van der Waals surface area contributed by atoms with Crippen molar-refractivity contribution < 1.29 is 42.9 Å². The maximum Gasteiger partial charge on any atom is 0.416 e. The Morgan fingerprint density at radius 3 is 1.00 bits per heavy atom. The standard InChI is InChI=1S/2C25H20N2O2.C20H15F3N2O2/c28-24-16-15-20(18-9-3-1-4-10-18)17-23(24)27-25(29)26-22-14-8-7-13-21(22)19-11-5-2-6-12-19;28-24-16-13-21(19-9-5-2-6-10-19)17-23(24)27-25(29)26-22-14-11-20(12-15-22)18-7-3-1-4-8-18;21-20(22,23)15-7-4-8-16(12-15)24-19(27)25-17-11-14(9-10-18(17)26)13-5-2-1-3-6-13/h2*1-17,28H,(H2,26,27,29);1-12,26H,(H2,24,25,27). The van der Waals surface area contributed by atoms with Crippen LogP contribution in [0.3, 0.4) is 0 Å². The van der Waals surface area contributed by atoms with Gasteiger partial charge in [-0.25, -0.2) is 14.4 Å². The van der Waals surface area contributed by atoms with Crippen LogP contribution in [0.4, 0.5) is 61.7 Å². The Kier molecular flexibility index (Phi) is 18.9. The van der Waals surface area contributed by atoms with E-state index in [1.54, 1.807) is 36.4 Å². The molecule has 0 heterocycles. The molecule has 6 amide bonds. The Labute approximate surface area is 488 Å². The third-order valence-electron chi connectivity index (χ3n) is 13.0. The lowest BCUT2D eigenvalue weighted by Crippen LogP contribution is -2.20. The van der Waals surface area contributed by atoms with Crippen molar-refractivity contribution in [2.45, 2.75) is 6.18 Å². The van der Waals surface area contributed by atoms with Gasteiger partial charge < -0.3 is 47.2 Å². The monoisotopic (exact) mass is 1130 g/mol. The number of alkyl halides is 3. The Bertz CT molecular complexity index is 4030. The van der Waals surface area contributed by atoms with Gasteiger partial charge in [0, 0.05) is 16.9 Å². The molecule has 11 rings (SSSR count). The van der Waals surface area contributed by atoms with Gasteiger partial charge in [0.2, 0.25) is 0 Å². The quantitative estimate of drug-likeness (QED) is 0.0581. The Morgan fingerprint density at radius 1 is 0.271 bits per heavy atom. The summed E-state index contributed by atoms with van der Waals surface area (Å²) in [6, 6.07) is 81.7. The van der Waals surface area contributed by atoms with E-state index in [1.807, 2.05) is 212 Å². The number of phenolic OH excluding ortho intramolecular Hbond substituents is 3. The van der Waals surface area contributed by atoms with Crippen molar-refractivity contribution in [3.8, 4) is 72.9 Å². The molecule has 15 heteroatoms. The molecule has 0 aliphatic carbocycles. The fraction of sp³-hybridized carbons (Fsp3) is 0.0143. The number of halogens is 3. The maximum absolute atomic E-state index is 12.7. The molecule has 11 aromatic rings. The van der Waals surface area contributed by atoms with E-state index in [4.69, 9.17) is 0 Å². The number of urea groups is 3. The molecule has 0 atom stereocenters. The molecule has 0 fully saturated rings. The van der Waals surface area contributed by atoms with Gasteiger partial charge in [0.1, 0.15) is 17.2 Å². The molecule has 0 aliphatic heterocycles. The smallest absolute Gasteiger partial charge is 0.416 e. The summed E-state index contributed by atoms with van der Waals surface area (Å²) < 4.78 is 38.2. The lowest BCUT2D eigenvalue weighted by atomic mass is 10.0. The average Bonchev–Trinajstić information content (AvgIpc) is 3.73. The predicted molar refractivity (Wildman–Crippen MR) is 334 cm³/mol. The second-order valence-corrected chi connectivity index (χ2v) is 19.0. The van der Waals surface area contributed by atoms with Gasteiger partial charge in [-0.05, 0) is 123 Å². The Morgan fingerprint density at radius 2 is 0.588 bits per heavy atom. The zero-order chi connectivity index (χ0) is 59.5. The van der Waals surface area contributed by atoms with Gasteiger partial charge in [-0.1, -0.05) is 206 Å². The second kappa shape index (κ2) is 27.7. The van der Waals surface area contributed by atoms with Crippen LogP contribution in [-0.4, -0.2) is 33.4 Å². The van der Waals surface area contributed by atoms with Gasteiger partial charge in [-0.3, -0.25) is 0 Å². The van der Waals surface area contributed by atoms with E-state index in [0.717, 1.165) is 67.8 Å². The van der Waals surface area contributed by atoms with Gasteiger partial charge in [0.05, 0.1) is 28.3 Å². The Hall–Kier alpha value is -11.6. The zero-order valence-electron chi connectivity index (χ0n) is 45.3. The van der Waals surface area contributed by atoms with E-state index in [2.05, 4.69) is 31.9 Å². The normalized spacial score (nSPS) is 10.6. The van der Waals surface area contributed by atoms with Gasteiger partial charge in [0.25, 0.3) is 0 Å². The summed E-state index contributed by atoms with van der Waals surface area (Å²) in [6.45, 7) is 0. The summed E-state index contributed by atoms with van der Waals surface area (Å²) >= 11 is 0. The summed E-state index contributed by atoms with van der Waals surface area (Å²) in [5.41, 5.74) is 10.9. The summed E-state index contributed by atoms with van der Waals surface area (Å²) in [6.07, 6.45) is -4.50. The van der Waals surface area contributed by atoms with Crippen LogP contribution < -0.4 is 31.9 Å². The van der Waals surface area contributed by atoms with Crippen LogP contribution in [-0.2, 0) is 6.18 Å². The molecule has 0 aliphatic rings. The highest BCUT2D eigenvalue weighted by Crippen LogP contribution is 2.35. The molecule has 0 radical (unpaired) electrons. The van der Waals surface area contributed by atoms with E-state index in [9.17, 15) is 42.9 Å². The van der Waals surface area contributed by atoms with Crippen molar-refractivity contribution in [1.82, 2.24) is 0 Å². The molecular weight excluding hydrogens is 1080 g/mol. The third-order valence-corrected chi connectivity index (χ3v) is 13.0. The van der Waals surface area contributed by atoms with E-state index >= 15 is 0 Å². The zero-order valence-corrected chi connectivity index (χ0v) is 45.3. The number of hydrogen-bond acceptors (Lipinski definition) is 6. The molecule has 0 aromatic heterocycles. The molecule has 11 aromatic carbocycles. The number of nitrogens with one attached hydrogen (secondary N) is 6. The van der Waals surface area contributed by atoms with Crippen molar-refractivity contribution in [1.29, 1.82) is 0 Å². The fourth-order valence-electron chi connectivity index (χ4n) is 8.80. The van der Waals surface area contributed by atoms with Gasteiger partial charge in [0.15, 0.2) is 0 Å². The molecule has 0 saturated carbocycles. The third kappa shape index (κ3) is 16.3. The highest BCUT2D eigenvalue weighted by atomic mass is 19.4. The van der Waals surface area contributed by atoms with Crippen LogP contribution in [0.25, 0.3) is 55.6 Å². The minimum atomic E-state index is -4.50. The fourth-order valence-corrected chi connectivity index (χ4v) is 8.80. The molecule has 0 spiro atoms. The minimum absolute atomic E-state index is 0.0103. The van der Waals surface area contributed by atoms with Crippen molar-refractivity contribution in [3.63, 3.8) is 0 Å². The van der Waals surface area contributed by atoms with E-state index in [1.165, 1.54) is 18.2 Å². The van der Waals surface area contributed by atoms with Crippen LogP contribution in [0, 0.1) is 0 Å². The number of para-hydroxylation sites is 1. The number of hydrogen-bond donors (Lipinski definition) is 9. The largest absolute Gasteiger partial charge is 0.506 e. The summed E-state index contributed by atoms with van der Waals surface area (Å²) in [7, 11) is 0. The van der Waals surface area contributed by atoms with Crippen LogP contribution in [0.2, 0.25) is 0 Å². The number of anilines is 6. The van der Waals surface area contributed by atoms with Crippen molar-refractivity contribution >= 4 is 52.2 Å². The molecule has 12 nitrogen and oxygen atoms in total. The molecular formula is C70H55F3N6O6. The van der Waals surface area contributed by atoms with Crippen molar-refractivity contribution in [2.24, 2.45) is 0 Å². The number of rotatable bonds is 11. The first-order valence-corrected chi connectivity index (χ1v) is 26.6. The topological polar surface area (TPSA) is 184 Å². The van der Waals surface area contributed by atoms with E-state index < -0.39 is 29.8 Å². The highest BCUT2D eigenvalue weighted by Gasteiger charge is 2.30. The minimum Gasteiger partial charge on any atom is -0.506 e. The summed E-state index contributed by atoms with van der Waals surface area (Å²) in [4.78, 5) is 37.2. The summed E-state index contributed by atoms with van der Waals surface area (Å²) in [5, 5.41) is 46.2. The molecule has 85 heavy (non-hydrogen) atoms. The van der Waals surface area contributed by atoms with Gasteiger partial charge >= 0.3 is 24.3 Å². The number of amides is 6. The van der Waals surface area contributed by atoms with E-state index in [-0.39, 0.29) is 28.6 Å². The molecule has 0 bridgehead atoms. The number of carbonyl (C=O) groups excluding carboxylic acids is 3.